The van der Waals surface area contributed by atoms with Gasteiger partial charge in [0.2, 0.25) is 12.6 Å². The van der Waals surface area contributed by atoms with Gasteiger partial charge in [-0.15, -0.1) is 0 Å². The number of carboxylic acid groups (broad SMARTS) is 1. The van der Waals surface area contributed by atoms with Crippen LogP contribution in [0.15, 0.2) is 22.6 Å². The minimum absolute atomic E-state index is 0.0892. The average molecular weight is 206 g/mol. The van der Waals surface area contributed by atoms with Crippen LogP contribution in [-0.4, -0.2) is 17.9 Å². The summed E-state index contributed by atoms with van der Waals surface area (Å²) >= 11 is 0. The van der Waals surface area contributed by atoms with Crippen molar-refractivity contribution in [3.63, 3.8) is 0 Å². The van der Waals surface area contributed by atoms with E-state index in [0.29, 0.717) is 22.5 Å². The number of aromatic carboxylic acids is 1. The molecule has 2 aromatic rings. The van der Waals surface area contributed by atoms with Gasteiger partial charge >= 0.3 is 5.97 Å². The van der Waals surface area contributed by atoms with E-state index in [4.69, 9.17) is 19.0 Å². The molecule has 5 heteroatoms. The molecule has 5 nitrogen and oxygen atoms in total. The van der Waals surface area contributed by atoms with Crippen LogP contribution >= 0.6 is 0 Å². The van der Waals surface area contributed by atoms with Gasteiger partial charge in [0.25, 0.3) is 0 Å². The fraction of sp³-hybridized carbons (Fsp3) is 0.100. The van der Waals surface area contributed by atoms with Crippen LogP contribution in [0.25, 0.3) is 11.0 Å². The summed E-state index contributed by atoms with van der Waals surface area (Å²) in [7, 11) is 0. The van der Waals surface area contributed by atoms with Crippen molar-refractivity contribution in [2.75, 3.05) is 6.79 Å². The first kappa shape index (κ1) is 8.16. The molecule has 0 unspecified atom stereocenters. The summed E-state index contributed by atoms with van der Waals surface area (Å²) in [5.41, 5.74) is 0.483. The smallest absolute Gasteiger partial charge is 0.371 e. The molecule has 0 fully saturated rings. The molecule has 1 aromatic heterocycles. The van der Waals surface area contributed by atoms with E-state index in [0.717, 1.165) is 0 Å². The highest BCUT2D eigenvalue weighted by atomic mass is 16.7. The van der Waals surface area contributed by atoms with E-state index < -0.39 is 5.97 Å². The Morgan fingerprint density at radius 3 is 2.67 bits per heavy atom. The molecule has 1 aromatic carbocycles. The van der Waals surface area contributed by atoms with Gasteiger partial charge in [0.1, 0.15) is 5.58 Å². The second kappa shape index (κ2) is 2.66. The van der Waals surface area contributed by atoms with Crippen LogP contribution in [0.2, 0.25) is 0 Å². The van der Waals surface area contributed by atoms with E-state index in [-0.39, 0.29) is 12.6 Å². The summed E-state index contributed by atoms with van der Waals surface area (Å²) in [4.78, 5) is 10.7. The number of carboxylic acids is 1. The minimum Gasteiger partial charge on any atom is -0.475 e. The van der Waals surface area contributed by atoms with E-state index in [1.54, 1.807) is 12.1 Å². The number of ether oxygens (including phenoxy) is 2. The normalized spacial score (nSPS) is 13.3. The van der Waals surface area contributed by atoms with Crippen molar-refractivity contribution in [3.05, 3.63) is 24.0 Å². The van der Waals surface area contributed by atoms with Gasteiger partial charge in [0, 0.05) is 11.5 Å². The molecule has 0 aliphatic carbocycles. The Morgan fingerprint density at radius 1 is 1.20 bits per heavy atom. The SMILES string of the molecule is O=C(O)c1cc2cc3c(cc2o1)OCO3. The summed E-state index contributed by atoms with van der Waals surface area (Å²) in [6.07, 6.45) is 0. The second-order valence-electron chi connectivity index (χ2n) is 3.16. The zero-order valence-corrected chi connectivity index (χ0v) is 7.52. The average Bonchev–Trinajstić information content (AvgIpc) is 2.77. The molecule has 1 N–H and O–H groups in total. The van der Waals surface area contributed by atoms with Crippen LogP contribution in [-0.2, 0) is 0 Å². The van der Waals surface area contributed by atoms with Gasteiger partial charge in [-0.25, -0.2) is 4.79 Å². The van der Waals surface area contributed by atoms with Gasteiger partial charge in [-0.05, 0) is 12.1 Å². The molecule has 0 bridgehead atoms. The van der Waals surface area contributed by atoms with Crippen molar-refractivity contribution in [2.45, 2.75) is 0 Å². The number of rotatable bonds is 1. The molecule has 0 saturated heterocycles. The lowest BCUT2D eigenvalue weighted by molar-refractivity contribution is 0.0665. The van der Waals surface area contributed by atoms with Crippen LogP contribution in [0.5, 0.6) is 11.5 Å². The van der Waals surface area contributed by atoms with Crippen molar-refractivity contribution >= 4 is 16.9 Å². The number of hydrogen-bond donors (Lipinski definition) is 1. The van der Waals surface area contributed by atoms with E-state index in [1.807, 2.05) is 0 Å². The lowest BCUT2D eigenvalue weighted by Crippen LogP contribution is -1.93. The molecule has 0 atom stereocenters. The minimum atomic E-state index is -1.09. The Balaban J connectivity index is 2.24. The lowest BCUT2D eigenvalue weighted by Gasteiger charge is -1.93. The van der Waals surface area contributed by atoms with Crippen molar-refractivity contribution < 1.29 is 23.8 Å². The third kappa shape index (κ3) is 1.13. The van der Waals surface area contributed by atoms with Gasteiger partial charge in [-0.3, -0.25) is 0 Å². The van der Waals surface area contributed by atoms with Gasteiger partial charge < -0.3 is 19.0 Å². The Bertz CT molecular complexity index is 513. The highest BCUT2D eigenvalue weighted by molar-refractivity contribution is 5.92. The summed E-state index contributed by atoms with van der Waals surface area (Å²) in [6.45, 7) is 0.188. The van der Waals surface area contributed by atoms with Crippen LogP contribution in [0.3, 0.4) is 0 Å². The van der Waals surface area contributed by atoms with Crippen LogP contribution in [0, 0.1) is 0 Å². The van der Waals surface area contributed by atoms with E-state index in [2.05, 4.69) is 0 Å². The van der Waals surface area contributed by atoms with Crippen molar-refractivity contribution in [1.82, 2.24) is 0 Å². The largest absolute Gasteiger partial charge is 0.475 e. The van der Waals surface area contributed by atoms with E-state index in [1.165, 1.54) is 6.07 Å². The zero-order chi connectivity index (χ0) is 10.4. The van der Waals surface area contributed by atoms with Gasteiger partial charge in [0.05, 0.1) is 0 Å². The maximum Gasteiger partial charge on any atom is 0.371 e. The molecule has 1 aliphatic heterocycles. The number of furan rings is 1. The Hall–Kier alpha value is -2.17. The Labute approximate surface area is 83.8 Å². The van der Waals surface area contributed by atoms with Gasteiger partial charge in [-0.1, -0.05) is 0 Å². The Kier molecular flexibility index (Phi) is 1.45. The molecular weight excluding hydrogens is 200 g/mol. The second-order valence-corrected chi connectivity index (χ2v) is 3.16. The first-order valence-corrected chi connectivity index (χ1v) is 4.30. The quantitative estimate of drug-likeness (QED) is 0.771. The molecular formula is C10H6O5. The molecule has 2 heterocycles. The fourth-order valence-electron chi connectivity index (χ4n) is 1.53. The molecule has 0 radical (unpaired) electrons. The third-order valence-corrected chi connectivity index (χ3v) is 2.22. The standard InChI is InChI=1S/C10H6O5/c11-10(12)9-2-5-1-7-8(14-4-13-7)3-6(5)15-9/h1-3H,4H2,(H,11,12). The predicted octanol–water partition coefficient (Wildman–Crippen LogP) is 1.86. The fourth-order valence-corrected chi connectivity index (χ4v) is 1.53. The predicted molar refractivity (Wildman–Crippen MR) is 49.3 cm³/mol. The first-order valence-electron chi connectivity index (χ1n) is 4.30. The first-order chi connectivity index (χ1) is 7.24. The van der Waals surface area contributed by atoms with E-state index >= 15 is 0 Å². The summed E-state index contributed by atoms with van der Waals surface area (Å²) in [5, 5.41) is 9.43. The lowest BCUT2D eigenvalue weighted by atomic mass is 10.2. The van der Waals surface area contributed by atoms with Crippen LogP contribution < -0.4 is 9.47 Å². The van der Waals surface area contributed by atoms with Crippen LogP contribution in [0.1, 0.15) is 10.6 Å². The number of carbonyl (C=O) groups is 1. The number of benzene rings is 1. The highest BCUT2D eigenvalue weighted by Gasteiger charge is 2.18. The highest BCUT2D eigenvalue weighted by Crippen LogP contribution is 2.37. The summed E-state index contributed by atoms with van der Waals surface area (Å²) in [6, 6.07) is 4.79. The maximum atomic E-state index is 10.7. The van der Waals surface area contributed by atoms with Crippen molar-refractivity contribution in [1.29, 1.82) is 0 Å². The third-order valence-electron chi connectivity index (χ3n) is 2.22. The van der Waals surface area contributed by atoms with Crippen LogP contribution in [0.4, 0.5) is 0 Å². The summed E-state index contributed by atoms with van der Waals surface area (Å²) < 4.78 is 15.4. The molecule has 76 valence electrons. The monoisotopic (exact) mass is 206 g/mol. The van der Waals surface area contributed by atoms with E-state index in [9.17, 15) is 4.79 Å². The van der Waals surface area contributed by atoms with Gasteiger partial charge in [-0.2, -0.15) is 0 Å². The van der Waals surface area contributed by atoms with Crippen molar-refractivity contribution in [3.8, 4) is 11.5 Å². The number of fused-ring (bicyclic) bond motifs is 2. The topological polar surface area (TPSA) is 68.9 Å². The molecule has 15 heavy (non-hydrogen) atoms. The molecule has 0 saturated carbocycles. The molecule has 3 rings (SSSR count). The molecule has 0 spiro atoms. The maximum absolute atomic E-state index is 10.7. The van der Waals surface area contributed by atoms with Crippen molar-refractivity contribution in [2.24, 2.45) is 0 Å². The number of hydrogen-bond acceptors (Lipinski definition) is 4. The summed E-state index contributed by atoms with van der Waals surface area (Å²) in [5.74, 6) is 0.0101. The Morgan fingerprint density at radius 2 is 1.93 bits per heavy atom. The molecule has 0 amide bonds. The zero-order valence-electron chi connectivity index (χ0n) is 7.52. The molecule has 1 aliphatic rings. The van der Waals surface area contributed by atoms with Gasteiger partial charge in [0.15, 0.2) is 11.5 Å².